The van der Waals surface area contributed by atoms with E-state index in [0.717, 1.165) is 92.5 Å². The first-order valence-electron chi connectivity index (χ1n) is 23.1. The number of fused-ring (bicyclic) bond motifs is 6. The normalized spacial score (nSPS) is 14.9. The van der Waals surface area contributed by atoms with Crippen molar-refractivity contribution < 1.29 is 19.1 Å². The molecule has 4 aromatic carbocycles. The third-order valence-corrected chi connectivity index (χ3v) is 14.0. The van der Waals surface area contributed by atoms with Gasteiger partial charge >= 0.3 is 0 Å². The van der Waals surface area contributed by atoms with Gasteiger partial charge in [0.1, 0.15) is 35.2 Å². The number of carbonyl (C=O) groups is 2. The van der Waals surface area contributed by atoms with Crippen molar-refractivity contribution in [1.29, 1.82) is 0 Å². The SMILES string of the molecule is CCNC(=O)CC1N=C(c2ccc(SCCCCCCCSc3ccc(C4=NC(CC(=O)NCC)c5nnc(C)n5-c5ccc(OC)cc54)cc3)cc2)c2cc(OC)ccc2-n2c(C)nnc21. The van der Waals surface area contributed by atoms with E-state index in [9.17, 15) is 9.59 Å². The molecule has 0 saturated carbocycles. The molecule has 2 aliphatic rings. The van der Waals surface area contributed by atoms with E-state index in [4.69, 9.17) is 19.5 Å². The molecular weight excluding hydrogens is 881 g/mol. The summed E-state index contributed by atoms with van der Waals surface area (Å²) in [6, 6.07) is 28.0. The van der Waals surface area contributed by atoms with Gasteiger partial charge in [0.25, 0.3) is 0 Å². The van der Waals surface area contributed by atoms with E-state index in [2.05, 4.69) is 79.6 Å². The number of unbranched alkanes of at least 4 members (excludes halogenated alkanes) is 4. The minimum Gasteiger partial charge on any atom is -0.497 e. The zero-order chi connectivity index (χ0) is 46.9. The van der Waals surface area contributed by atoms with Crippen LogP contribution in [0.5, 0.6) is 11.5 Å². The van der Waals surface area contributed by atoms with Crippen LogP contribution in [0, 0.1) is 13.8 Å². The third-order valence-electron chi connectivity index (χ3n) is 11.9. The number of methoxy groups -OCH3 is 2. The number of amides is 2. The fourth-order valence-corrected chi connectivity index (χ4v) is 10.4. The van der Waals surface area contributed by atoms with Crippen LogP contribution in [0.3, 0.4) is 0 Å². The molecule has 2 unspecified atom stereocenters. The summed E-state index contributed by atoms with van der Waals surface area (Å²) in [4.78, 5) is 38.5. The van der Waals surface area contributed by atoms with Crippen molar-refractivity contribution in [2.75, 3.05) is 38.8 Å². The van der Waals surface area contributed by atoms with Crippen molar-refractivity contribution in [3.8, 4) is 22.9 Å². The number of ether oxygens (including phenoxy) is 2. The molecule has 2 aliphatic heterocycles. The summed E-state index contributed by atoms with van der Waals surface area (Å²) >= 11 is 3.76. The summed E-state index contributed by atoms with van der Waals surface area (Å²) in [6.07, 6.45) is 6.25. The number of aryl methyl sites for hydroxylation is 2. The van der Waals surface area contributed by atoms with Gasteiger partial charge < -0.3 is 20.1 Å². The Labute approximate surface area is 400 Å². The van der Waals surface area contributed by atoms with Gasteiger partial charge in [-0.2, -0.15) is 0 Å². The summed E-state index contributed by atoms with van der Waals surface area (Å²) in [6.45, 7) is 8.76. The summed E-state index contributed by atoms with van der Waals surface area (Å²) in [5.41, 5.74) is 7.15. The lowest BCUT2D eigenvalue weighted by molar-refractivity contribution is -0.122. The molecule has 16 heteroatoms. The lowest BCUT2D eigenvalue weighted by Crippen LogP contribution is -2.25. The molecule has 2 aromatic heterocycles. The second kappa shape index (κ2) is 22.0. The monoisotopic (exact) mass is 938 g/mol. The number of rotatable bonds is 20. The van der Waals surface area contributed by atoms with Gasteiger partial charge in [-0.05, 0) is 113 Å². The Bertz CT molecular complexity index is 2580. The molecule has 67 heavy (non-hydrogen) atoms. The summed E-state index contributed by atoms with van der Waals surface area (Å²) < 4.78 is 15.3. The maximum atomic E-state index is 12.9. The summed E-state index contributed by atoms with van der Waals surface area (Å²) in [5, 5.41) is 23.6. The van der Waals surface area contributed by atoms with Crippen molar-refractivity contribution in [1.82, 2.24) is 40.2 Å². The highest BCUT2D eigenvalue weighted by molar-refractivity contribution is 7.99. The average molecular weight is 939 g/mol. The Morgan fingerprint density at radius 1 is 0.567 bits per heavy atom. The smallest absolute Gasteiger partial charge is 0.222 e. The van der Waals surface area contributed by atoms with Crippen LogP contribution < -0.4 is 20.1 Å². The second-order valence-corrected chi connectivity index (χ2v) is 18.8. The molecule has 348 valence electrons. The van der Waals surface area contributed by atoms with Gasteiger partial charge in [-0.15, -0.1) is 43.9 Å². The molecule has 0 saturated heterocycles. The van der Waals surface area contributed by atoms with Crippen molar-refractivity contribution >= 4 is 46.8 Å². The van der Waals surface area contributed by atoms with Crippen molar-refractivity contribution in [2.24, 2.45) is 9.98 Å². The highest BCUT2D eigenvalue weighted by atomic mass is 32.2. The summed E-state index contributed by atoms with van der Waals surface area (Å²) in [7, 11) is 3.32. The number of nitrogens with zero attached hydrogens (tertiary/aromatic N) is 8. The molecule has 0 radical (unpaired) electrons. The van der Waals surface area contributed by atoms with Gasteiger partial charge in [-0.1, -0.05) is 43.5 Å². The molecule has 0 bridgehead atoms. The zero-order valence-electron chi connectivity index (χ0n) is 39.0. The van der Waals surface area contributed by atoms with Crippen LogP contribution in [0.25, 0.3) is 11.4 Å². The van der Waals surface area contributed by atoms with Gasteiger partial charge in [0.2, 0.25) is 11.8 Å². The number of aromatic nitrogens is 6. The van der Waals surface area contributed by atoms with E-state index in [-0.39, 0.29) is 24.7 Å². The van der Waals surface area contributed by atoms with E-state index in [1.165, 1.54) is 29.1 Å². The molecule has 14 nitrogen and oxygen atoms in total. The van der Waals surface area contributed by atoms with E-state index in [1.807, 2.05) is 96.8 Å². The number of hydrogen-bond acceptors (Lipinski definition) is 12. The van der Waals surface area contributed by atoms with Crippen LogP contribution in [0.2, 0.25) is 0 Å². The number of hydrogen-bond donors (Lipinski definition) is 2. The molecule has 2 amide bonds. The van der Waals surface area contributed by atoms with Gasteiger partial charge in [-0.3, -0.25) is 28.7 Å². The Morgan fingerprint density at radius 2 is 0.970 bits per heavy atom. The number of nitrogens with one attached hydrogen (secondary N) is 2. The standard InChI is InChI=1S/C51H58N10O4S2/c1-7-52-46(62)30-42-50-58-56-32(3)60(50)44-24-18-36(64-5)28-40(44)48(54-42)34-14-20-38(21-15-34)66-26-12-10-9-11-13-27-67-39-22-16-35(17-23-39)49-41-29-37(65-6)19-25-45(41)61-33(4)57-59-51(61)43(55-49)31-47(63)53-8-2/h14-25,28-29,42-43H,7-13,26-27,30-31H2,1-6H3,(H,52,62)(H,53,63). The van der Waals surface area contributed by atoms with E-state index >= 15 is 0 Å². The van der Waals surface area contributed by atoms with Gasteiger partial charge in [0.15, 0.2) is 11.6 Å². The van der Waals surface area contributed by atoms with Crippen molar-refractivity contribution in [3.63, 3.8) is 0 Å². The second-order valence-electron chi connectivity index (χ2n) is 16.5. The fraction of sp³-hybridized carbons (Fsp3) is 0.373. The third kappa shape index (κ3) is 10.8. The number of thioether (sulfide) groups is 2. The predicted molar refractivity (Wildman–Crippen MR) is 266 cm³/mol. The molecule has 2 N–H and O–H groups in total. The molecule has 8 rings (SSSR count). The van der Waals surface area contributed by atoms with E-state index < -0.39 is 12.1 Å². The minimum absolute atomic E-state index is 0.0787. The fourth-order valence-electron chi connectivity index (χ4n) is 8.56. The minimum atomic E-state index is -0.504. The number of carbonyl (C=O) groups excluding carboxylic acids is 2. The molecular formula is C51H58N10O4S2. The average Bonchev–Trinajstić information content (AvgIpc) is 3.84. The zero-order valence-corrected chi connectivity index (χ0v) is 40.7. The Hall–Kier alpha value is -6.26. The Kier molecular flexibility index (Phi) is 15.5. The number of benzene rings is 4. The maximum absolute atomic E-state index is 12.9. The molecule has 6 aromatic rings. The van der Waals surface area contributed by atoms with Crippen molar-refractivity contribution in [3.05, 3.63) is 130 Å². The first-order valence-corrected chi connectivity index (χ1v) is 25.0. The van der Waals surface area contributed by atoms with Crippen LogP contribution >= 0.6 is 23.5 Å². The molecule has 0 aliphatic carbocycles. The highest BCUT2D eigenvalue weighted by Gasteiger charge is 2.32. The van der Waals surface area contributed by atoms with Crippen LogP contribution in [-0.4, -0.2) is 91.6 Å². The van der Waals surface area contributed by atoms with Crippen LogP contribution in [0.4, 0.5) is 0 Å². The molecule has 4 heterocycles. The molecule has 0 spiro atoms. The number of aliphatic imine (C=N–C) groups is 2. The Morgan fingerprint density at radius 3 is 1.36 bits per heavy atom. The molecule has 0 fully saturated rings. The lowest BCUT2D eigenvalue weighted by Gasteiger charge is -2.14. The van der Waals surface area contributed by atoms with Crippen LogP contribution in [-0.2, 0) is 9.59 Å². The lowest BCUT2D eigenvalue weighted by atomic mass is 10.00. The molecule has 2 atom stereocenters. The summed E-state index contributed by atoms with van der Waals surface area (Å²) in [5.74, 6) is 6.16. The topological polar surface area (TPSA) is 163 Å². The predicted octanol–water partition coefficient (Wildman–Crippen LogP) is 9.15. The Balaban J connectivity index is 0.833. The highest BCUT2D eigenvalue weighted by Crippen LogP contribution is 2.37. The van der Waals surface area contributed by atoms with Gasteiger partial charge in [0.05, 0.1) is 49.9 Å². The van der Waals surface area contributed by atoms with Crippen LogP contribution in [0.15, 0.2) is 105 Å². The first-order chi connectivity index (χ1) is 32.7. The van der Waals surface area contributed by atoms with Gasteiger partial charge in [0, 0.05) is 45.1 Å². The van der Waals surface area contributed by atoms with Crippen molar-refractivity contribution in [2.45, 2.75) is 94.5 Å². The van der Waals surface area contributed by atoms with Gasteiger partial charge in [-0.25, -0.2) is 0 Å². The first kappa shape index (κ1) is 47.2. The van der Waals surface area contributed by atoms with Crippen LogP contribution in [0.1, 0.15) is 116 Å². The van der Waals surface area contributed by atoms with E-state index in [1.54, 1.807) is 14.2 Å². The largest absolute Gasteiger partial charge is 0.497 e. The maximum Gasteiger partial charge on any atom is 0.222 e. The quantitative estimate of drug-likeness (QED) is 0.0558. The van der Waals surface area contributed by atoms with E-state index in [0.29, 0.717) is 24.7 Å².